The first-order chi connectivity index (χ1) is 8.58. The third kappa shape index (κ3) is 2.62. The van der Waals surface area contributed by atoms with Gasteiger partial charge < -0.3 is 0 Å². The fourth-order valence-corrected chi connectivity index (χ4v) is 2.00. The van der Waals surface area contributed by atoms with Crippen molar-refractivity contribution in [2.75, 3.05) is 0 Å². The van der Waals surface area contributed by atoms with E-state index in [2.05, 4.69) is 4.98 Å². The molecule has 3 heteroatoms. The van der Waals surface area contributed by atoms with Crippen molar-refractivity contribution >= 4 is 22.5 Å². The zero-order valence-electron chi connectivity index (χ0n) is 10.5. The van der Waals surface area contributed by atoms with E-state index in [9.17, 15) is 9.59 Å². The summed E-state index contributed by atoms with van der Waals surface area (Å²) in [6.07, 6.45) is 0.384. The fraction of sp³-hybridized carbons (Fsp3) is 0.267. The van der Waals surface area contributed by atoms with Gasteiger partial charge in [0.15, 0.2) is 0 Å². The maximum Gasteiger partial charge on any atom is 0.140 e. The van der Waals surface area contributed by atoms with E-state index < -0.39 is 5.92 Å². The average Bonchev–Trinajstić information content (AvgIpc) is 2.35. The topological polar surface area (TPSA) is 47.0 Å². The standard InChI is InChI=1S/C15H15NO2/c1-10(17)14(11(2)18)9-13-8-7-12-5-3-4-6-15(12)16-13/h3-8,14H,9H2,1-2H3. The predicted octanol–water partition coefficient (Wildman–Crippen LogP) is 2.57. The van der Waals surface area contributed by atoms with E-state index in [0.717, 1.165) is 16.6 Å². The normalized spacial score (nSPS) is 10.8. The number of benzene rings is 1. The van der Waals surface area contributed by atoms with Crippen LogP contribution in [0.1, 0.15) is 19.5 Å². The highest BCUT2D eigenvalue weighted by molar-refractivity contribution is 6.00. The van der Waals surface area contributed by atoms with Crippen molar-refractivity contribution in [2.45, 2.75) is 20.3 Å². The van der Waals surface area contributed by atoms with Gasteiger partial charge in [0, 0.05) is 17.5 Å². The van der Waals surface area contributed by atoms with Crippen LogP contribution in [0.15, 0.2) is 36.4 Å². The Morgan fingerprint density at radius 1 is 1.06 bits per heavy atom. The first-order valence-corrected chi connectivity index (χ1v) is 5.93. The SMILES string of the molecule is CC(=O)C(Cc1ccc2ccccc2n1)C(C)=O. The highest BCUT2D eigenvalue weighted by atomic mass is 16.1. The molecule has 92 valence electrons. The lowest BCUT2D eigenvalue weighted by atomic mass is 9.95. The molecular formula is C15H15NO2. The summed E-state index contributed by atoms with van der Waals surface area (Å²) in [6.45, 7) is 2.90. The number of aromatic nitrogens is 1. The molecule has 3 nitrogen and oxygen atoms in total. The van der Waals surface area contributed by atoms with Gasteiger partial charge in [0.25, 0.3) is 0 Å². The molecule has 2 aromatic rings. The molecule has 0 amide bonds. The summed E-state index contributed by atoms with van der Waals surface area (Å²) in [5.74, 6) is -0.770. The number of hydrogen-bond donors (Lipinski definition) is 0. The van der Waals surface area contributed by atoms with Crippen LogP contribution in [0.4, 0.5) is 0 Å². The quantitative estimate of drug-likeness (QED) is 0.773. The number of nitrogens with zero attached hydrogens (tertiary/aromatic N) is 1. The second kappa shape index (κ2) is 5.08. The van der Waals surface area contributed by atoms with Crippen LogP contribution >= 0.6 is 0 Å². The van der Waals surface area contributed by atoms with Gasteiger partial charge >= 0.3 is 0 Å². The molecular weight excluding hydrogens is 226 g/mol. The van der Waals surface area contributed by atoms with Crippen LogP contribution in [0.5, 0.6) is 0 Å². The van der Waals surface area contributed by atoms with Crippen molar-refractivity contribution in [2.24, 2.45) is 5.92 Å². The molecule has 0 saturated carbocycles. The van der Waals surface area contributed by atoms with Crippen LogP contribution in [0.25, 0.3) is 10.9 Å². The lowest BCUT2D eigenvalue weighted by molar-refractivity contribution is -0.130. The Morgan fingerprint density at radius 3 is 2.39 bits per heavy atom. The zero-order chi connectivity index (χ0) is 13.1. The van der Waals surface area contributed by atoms with Crippen LogP contribution in [-0.4, -0.2) is 16.6 Å². The van der Waals surface area contributed by atoms with E-state index in [-0.39, 0.29) is 11.6 Å². The third-order valence-electron chi connectivity index (χ3n) is 3.05. The number of pyridine rings is 1. The van der Waals surface area contributed by atoms with Crippen molar-refractivity contribution < 1.29 is 9.59 Å². The van der Waals surface area contributed by atoms with Gasteiger partial charge in [-0.05, 0) is 26.0 Å². The molecule has 0 fully saturated rings. The van der Waals surface area contributed by atoms with Crippen molar-refractivity contribution in [1.29, 1.82) is 0 Å². The second-order valence-electron chi connectivity index (χ2n) is 4.47. The molecule has 2 rings (SSSR count). The van der Waals surface area contributed by atoms with Gasteiger partial charge in [-0.2, -0.15) is 0 Å². The van der Waals surface area contributed by atoms with Crippen molar-refractivity contribution in [3.8, 4) is 0 Å². The van der Waals surface area contributed by atoms with Crippen molar-refractivity contribution in [3.05, 3.63) is 42.1 Å². The van der Waals surface area contributed by atoms with Gasteiger partial charge in [0.2, 0.25) is 0 Å². The van der Waals surface area contributed by atoms with E-state index in [1.807, 2.05) is 36.4 Å². The third-order valence-corrected chi connectivity index (χ3v) is 3.05. The van der Waals surface area contributed by atoms with Crippen LogP contribution in [0, 0.1) is 5.92 Å². The summed E-state index contributed by atoms with van der Waals surface area (Å²) in [7, 11) is 0. The number of carbonyl (C=O) groups excluding carboxylic acids is 2. The maximum absolute atomic E-state index is 11.4. The Morgan fingerprint density at radius 2 is 1.72 bits per heavy atom. The molecule has 1 aromatic heterocycles. The minimum Gasteiger partial charge on any atom is -0.299 e. The minimum absolute atomic E-state index is 0.0996. The number of carbonyl (C=O) groups is 2. The maximum atomic E-state index is 11.4. The Kier molecular flexibility index (Phi) is 3.51. The van der Waals surface area contributed by atoms with Gasteiger partial charge in [-0.15, -0.1) is 0 Å². The number of ketones is 2. The zero-order valence-corrected chi connectivity index (χ0v) is 10.5. The monoisotopic (exact) mass is 241 g/mol. The van der Waals surface area contributed by atoms with E-state index in [1.54, 1.807) is 0 Å². The smallest absolute Gasteiger partial charge is 0.140 e. The highest BCUT2D eigenvalue weighted by Gasteiger charge is 2.20. The van der Waals surface area contributed by atoms with Crippen LogP contribution in [0.3, 0.4) is 0 Å². The average molecular weight is 241 g/mol. The van der Waals surface area contributed by atoms with E-state index in [0.29, 0.717) is 6.42 Å². The molecule has 0 bridgehead atoms. The minimum atomic E-state index is -0.571. The first kappa shape index (κ1) is 12.4. The van der Waals surface area contributed by atoms with Crippen LogP contribution < -0.4 is 0 Å². The Hall–Kier alpha value is -2.03. The molecule has 1 heterocycles. The predicted molar refractivity (Wildman–Crippen MR) is 70.3 cm³/mol. The van der Waals surface area contributed by atoms with Gasteiger partial charge in [0.05, 0.1) is 11.4 Å². The number of hydrogen-bond acceptors (Lipinski definition) is 3. The summed E-state index contributed by atoms with van der Waals surface area (Å²) >= 11 is 0. The highest BCUT2D eigenvalue weighted by Crippen LogP contribution is 2.15. The van der Waals surface area contributed by atoms with E-state index in [1.165, 1.54) is 13.8 Å². The summed E-state index contributed by atoms with van der Waals surface area (Å²) in [5, 5.41) is 1.06. The number of fused-ring (bicyclic) bond motifs is 1. The second-order valence-corrected chi connectivity index (χ2v) is 4.47. The van der Waals surface area contributed by atoms with Gasteiger partial charge in [-0.3, -0.25) is 14.6 Å². The molecule has 0 radical (unpaired) electrons. The molecule has 0 aliphatic carbocycles. The van der Waals surface area contributed by atoms with Crippen molar-refractivity contribution in [1.82, 2.24) is 4.98 Å². The number of rotatable bonds is 4. The first-order valence-electron chi connectivity index (χ1n) is 5.93. The Balaban J connectivity index is 2.31. The van der Waals surface area contributed by atoms with E-state index >= 15 is 0 Å². The molecule has 0 aliphatic heterocycles. The Labute approximate surface area is 106 Å². The van der Waals surface area contributed by atoms with Gasteiger partial charge in [-0.1, -0.05) is 24.3 Å². The van der Waals surface area contributed by atoms with Crippen molar-refractivity contribution in [3.63, 3.8) is 0 Å². The molecule has 18 heavy (non-hydrogen) atoms. The molecule has 0 spiro atoms. The summed E-state index contributed by atoms with van der Waals surface area (Å²) in [6, 6.07) is 11.6. The molecule has 1 aromatic carbocycles. The molecule has 0 N–H and O–H groups in total. The van der Waals surface area contributed by atoms with Crippen LogP contribution in [0.2, 0.25) is 0 Å². The number of para-hydroxylation sites is 1. The van der Waals surface area contributed by atoms with Gasteiger partial charge in [0.1, 0.15) is 11.6 Å². The molecule has 0 saturated heterocycles. The summed E-state index contributed by atoms with van der Waals surface area (Å²) in [4.78, 5) is 27.3. The summed E-state index contributed by atoms with van der Waals surface area (Å²) < 4.78 is 0. The largest absolute Gasteiger partial charge is 0.299 e. The van der Waals surface area contributed by atoms with E-state index in [4.69, 9.17) is 0 Å². The molecule has 0 unspecified atom stereocenters. The molecule has 0 atom stereocenters. The summed E-state index contributed by atoms with van der Waals surface area (Å²) in [5.41, 5.74) is 1.67. The lowest BCUT2D eigenvalue weighted by Crippen LogP contribution is -2.22. The number of Topliss-reactive ketones (excluding diaryl/α,β-unsaturated/α-hetero) is 2. The fourth-order valence-electron chi connectivity index (χ4n) is 2.00. The van der Waals surface area contributed by atoms with Crippen LogP contribution in [-0.2, 0) is 16.0 Å². The molecule has 0 aliphatic rings. The lowest BCUT2D eigenvalue weighted by Gasteiger charge is -2.10. The van der Waals surface area contributed by atoms with Gasteiger partial charge in [-0.25, -0.2) is 0 Å². The Bertz CT molecular complexity index is 590.